The highest BCUT2D eigenvalue weighted by Gasteiger charge is 2.22. The van der Waals surface area contributed by atoms with Gasteiger partial charge in [0.2, 0.25) is 11.8 Å². The molecule has 1 atom stereocenters. The summed E-state index contributed by atoms with van der Waals surface area (Å²) in [7, 11) is 1.51. The number of benzene rings is 1. The third kappa shape index (κ3) is 4.10. The van der Waals surface area contributed by atoms with Crippen molar-refractivity contribution in [1.29, 1.82) is 0 Å². The van der Waals surface area contributed by atoms with Crippen LogP contribution in [0.3, 0.4) is 0 Å². The SMILES string of the molecule is CCC(C)C(=O)Nc1ccccc1NC(=O)c1cc2c(nc1OC)CCC2. The number of ether oxygens (including phenoxy) is 1. The molecule has 2 N–H and O–H groups in total. The van der Waals surface area contributed by atoms with Gasteiger partial charge in [0.1, 0.15) is 5.56 Å². The second-order valence-electron chi connectivity index (χ2n) is 6.80. The van der Waals surface area contributed by atoms with Crippen LogP contribution in [0, 0.1) is 5.92 Å². The first-order chi connectivity index (χ1) is 13.0. The number of fused-ring (bicyclic) bond motifs is 1. The number of aromatic nitrogens is 1. The quantitative estimate of drug-likeness (QED) is 0.813. The Balaban J connectivity index is 1.84. The van der Waals surface area contributed by atoms with Crippen LogP contribution in [-0.4, -0.2) is 23.9 Å². The highest BCUT2D eigenvalue weighted by atomic mass is 16.5. The zero-order chi connectivity index (χ0) is 19.4. The smallest absolute Gasteiger partial charge is 0.261 e. The van der Waals surface area contributed by atoms with Gasteiger partial charge >= 0.3 is 0 Å². The first-order valence-corrected chi connectivity index (χ1v) is 9.31. The van der Waals surface area contributed by atoms with Gasteiger partial charge in [0.15, 0.2) is 0 Å². The first-order valence-electron chi connectivity index (χ1n) is 9.31. The van der Waals surface area contributed by atoms with Crippen LogP contribution in [0.2, 0.25) is 0 Å². The molecule has 0 saturated heterocycles. The van der Waals surface area contributed by atoms with E-state index in [1.165, 1.54) is 7.11 Å². The summed E-state index contributed by atoms with van der Waals surface area (Å²) in [6, 6.07) is 9.03. The summed E-state index contributed by atoms with van der Waals surface area (Å²) in [5.74, 6) is -0.153. The summed E-state index contributed by atoms with van der Waals surface area (Å²) in [5, 5.41) is 5.77. The highest BCUT2D eigenvalue weighted by Crippen LogP contribution is 2.28. The molecule has 0 bridgehead atoms. The lowest BCUT2D eigenvalue weighted by atomic mass is 10.1. The molecule has 0 fully saturated rings. The lowest BCUT2D eigenvalue weighted by molar-refractivity contribution is -0.119. The van der Waals surface area contributed by atoms with Crippen molar-refractivity contribution >= 4 is 23.2 Å². The Kier molecular flexibility index (Phi) is 5.74. The Morgan fingerprint density at radius 3 is 2.56 bits per heavy atom. The minimum Gasteiger partial charge on any atom is -0.480 e. The molecule has 0 radical (unpaired) electrons. The number of nitrogens with zero attached hydrogens (tertiary/aromatic N) is 1. The van der Waals surface area contributed by atoms with Crippen LogP contribution in [0.1, 0.15) is 48.3 Å². The fourth-order valence-electron chi connectivity index (χ4n) is 3.10. The number of hydrogen-bond acceptors (Lipinski definition) is 4. The van der Waals surface area contributed by atoms with Crippen molar-refractivity contribution in [1.82, 2.24) is 4.98 Å². The van der Waals surface area contributed by atoms with Gasteiger partial charge in [0.25, 0.3) is 5.91 Å². The van der Waals surface area contributed by atoms with Gasteiger partial charge in [-0.25, -0.2) is 4.98 Å². The van der Waals surface area contributed by atoms with E-state index in [0.29, 0.717) is 22.8 Å². The van der Waals surface area contributed by atoms with Crippen molar-refractivity contribution in [2.75, 3.05) is 17.7 Å². The molecule has 1 aromatic carbocycles. The van der Waals surface area contributed by atoms with E-state index in [1.807, 2.05) is 32.0 Å². The van der Waals surface area contributed by atoms with Crippen molar-refractivity contribution < 1.29 is 14.3 Å². The van der Waals surface area contributed by atoms with Crippen molar-refractivity contribution in [3.8, 4) is 5.88 Å². The molecular weight excluding hydrogens is 342 g/mol. The maximum absolute atomic E-state index is 12.9. The van der Waals surface area contributed by atoms with E-state index in [0.717, 1.165) is 36.9 Å². The number of amides is 2. The molecule has 2 aromatic rings. The number of rotatable bonds is 6. The number of methoxy groups -OCH3 is 1. The molecule has 2 amide bonds. The summed E-state index contributed by atoms with van der Waals surface area (Å²) in [6.45, 7) is 3.84. The van der Waals surface area contributed by atoms with Gasteiger partial charge in [-0.1, -0.05) is 26.0 Å². The molecule has 0 aliphatic heterocycles. The molecule has 0 saturated carbocycles. The van der Waals surface area contributed by atoms with Crippen LogP contribution in [0.5, 0.6) is 5.88 Å². The number of carbonyl (C=O) groups is 2. The van der Waals surface area contributed by atoms with Gasteiger partial charge in [0.05, 0.1) is 18.5 Å². The van der Waals surface area contributed by atoms with Gasteiger partial charge in [-0.05, 0) is 49.4 Å². The lowest BCUT2D eigenvalue weighted by Crippen LogP contribution is -2.21. The summed E-state index contributed by atoms with van der Waals surface area (Å²) in [4.78, 5) is 29.6. The molecule has 1 heterocycles. The molecule has 1 aliphatic carbocycles. The normalized spacial score (nSPS) is 13.6. The zero-order valence-corrected chi connectivity index (χ0v) is 16.0. The number of carbonyl (C=O) groups excluding carboxylic acids is 2. The van der Waals surface area contributed by atoms with Crippen LogP contribution in [-0.2, 0) is 17.6 Å². The Hall–Kier alpha value is -2.89. The average molecular weight is 367 g/mol. The molecule has 1 aliphatic rings. The predicted octanol–water partition coefficient (Wildman–Crippen LogP) is 3.82. The molecular formula is C21H25N3O3. The fourth-order valence-corrected chi connectivity index (χ4v) is 3.10. The number of hydrogen-bond donors (Lipinski definition) is 2. The number of nitrogens with one attached hydrogen (secondary N) is 2. The third-order valence-corrected chi connectivity index (χ3v) is 4.95. The maximum Gasteiger partial charge on any atom is 0.261 e. The van der Waals surface area contributed by atoms with Gasteiger partial charge < -0.3 is 15.4 Å². The van der Waals surface area contributed by atoms with E-state index < -0.39 is 0 Å². The van der Waals surface area contributed by atoms with Gasteiger partial charge in [-0.3, -0.25) is 9.59 Å². The predicted molar refractivity (Wildman–Crippen MR) is 105 cm³/mol. The second kappa shape index (κ2) is 8.20. The molecule has 6 heteroatoms. The number of aryl methyl sites for hydroxylation is 2. The number of para-hydroxylation sites is 2. The Bertz CT molecular complexity index is 864. The molecule has 142 valence electrons. The summed E-state index contributed by atoms with van der Waals surface area (Å²) < 4.78 is 5.33. The third-order valence-electron chi connectivity index (χ3n) is 4.95. The standard InChI is InChI=1S/C21H25N3O3/c1-4-13(2)19(25)22-17-9-5-6-10-18(17)23-20(26)15-12-14-8-7-11-16(14)24-21(15)27-3/h5-6,9-10,12-13H,4,7-8,11H2,1-3H3,(H,22,25)(H,23,26). The molecule has 6 nitrogen and oxygen atoms in total. The maximum atomic E-state index is 12.9. The molecule has 0 spiro atoms. The van der Waals surface area contributed by atoms with Gasteiger partial charge in [-0.2, -0.15) is 0 Å². The van der Waals surface area contributed by atoms with Gasteiger partial charge in [-0.15, -0.1) is 0 Å². The minimum absolute atomic E-state index is 0.0732. The Morgan fingerprint density at radius 1 is 1.19 bits per heavy atom. The largest absolute Gasteiger partial charge is 0.480 e. The van der Waals surface area contributed by atoms with E-state index >= 15 is 0 Å². The Labute approximate surface area is 159 Å². The molecule has 1 unspecified atom stereocenters. The van der Waals surface area contributed by atoms with Crippen molar-refractivity contribution in [2.24, 2.45) is 5.92 Å². The second-order valence-corrected chi connectivity index (χ2v) is 6.80. The van der Waals surface area contributed by atoms with E-state index in [1.54, 1.807) is 12.1 Å². The highest BCUT2D eigenvalue weighted by molar-refractivity contribution is 6.08. The number of pyridine rings is 1. The summed E-state index contributed by atoms with van der Waals surface area (Å²) in [6.07, 6.45) is 3.63. The zero-order valence-electron chi connectivity index (χ0n) is 16.0. The van der Waals surface area contributed by atoms with Crippen molar-refractivity contribution in [2.45, 2.75) is 39.5 Å². The molecule has 1 aromatic heterocycles. The van der Waals surface area contributed by atoms with Crippen LogP contribution in [0.25, 0.3) is 0 Å². The van der Waals surface area contributed by atoms with E-state index in [2.05, 4.69) is 15.6 Å². The Morgan fingerprint density at radius 2 is 1.89 bits per heavy atom. The summed E-state index contributed by atoms with van der Waals surface area (Å²) in [5.41, 5.74) is 3.62. The van der Waals surface area contributed by atoms with Crippen LogP contribution in [0.4, 0.5) is 11.4 Å². The minimum atomic E-state index is -0.306. The summed E-state index contributed by atoms with van der Waals surface area (Å²) >= 11 is 0. The molecule has 27 heavy (non-hydrogen) atoms. The van der Waals surface area contributed by atoms with E-state index in [4.69, 9.17) is 4.74 Å². The van der Waals surface area contributed by atoms with E-state index in [9.17, 15) is 9.59 Å². The van der Waals surface area contributed by atoms with Crippen LogP contribution in [0.15, 0.2) is 30.3 Å². The average Bonchev–Trinajstić information content (AvgIpc) is 3.15. The first kappa shape index (κ1) is 18.9. The fraction of sp³-hybridized carbons (Fsp3) is 0.381. The van der Waals surface area contributed by atoms with Crippen molar-refractivity contribution in [3.63, 3.8) is 0 Å². The molecule has 3 rings (SSSR count). The van der Waals surface area contributed by atoms with Crippen LogP contribution < -0.4 is 15.4 Å². The monoisotopic (exact) mass is 367 g/mol. The number of anilines is 2. The van der Waals surface area contributed by atoms with E-state index in [-0.39, 0.29) is 17.7 Å². The van der Waals surface area contributed by atoms with Crippen molar-refractivity contribution in [3.05, 3.63) is 47.2 Å². The topological polar surface area (TPSA) is 80.3 Å². The van der Waals surface area contributed by atoms with Gasteiger partial charge in [0, 0.05) is 11.6 Å². The lowest BCUT2D eigenvalue weighted by Gasteiger charge is -2.15. The van der Waals surface area contributed by atoms with Crippen LogP contribution >= 0.6 is 0 Å².